The monoisotopic (exact) mass is 296 g/mol. The van der Waals surface area contributed by atoms with Crippen molar-refractivity contribution in [2.24, 2.45) is 0 Å². The molecule has 0 fully saturated rings. The molecule has 2 N–H and O–H groups in total. The molecule has 2 atom stereocenters. The van der Waals surface area contributed by atoms with Crippen LogP contribution in [-0.2, 0) is 0 Å². The number of alkyl halides is 1. The molecule has 0 amide bonds. The Morgan fingerprint density at radius 1 is 1.40 bits per heavy atom. The van der Waals surface area contributed by atoms with Gasteiger partial charge in [-0.25, -0.2) is 4.39 Å². The molecule has 0 aromatic heterocycles. The van der Waals surface area contributed by atoms with Crippen LogP contribution in [-0.4, -0.2) is 22.2 Å². The van der Waals surface area contributed by atoms with E-state index in [2.05, 4.69) is 15.9 Å². The highest BCUT2D eigenvalue weighted by atomic mass is 79.9. The average Bonchev–Trinajstić information content (AvgIpc) is 2.21. The Morgan fingerprint density at radius 2 is 2.07 bits per heavy atom. The van der Waals surface area contributed by atoms with E-state index >= 15 is 0 Å². The van der Waals surface area contributed by atoms with E-state index in [4.69, 9.17) is 11.6 Å². The normalized spacial score (nSPS) is 15.0. The first-order valence-electron chi connectivity index (χ1n) is 4.43. The molecule has 84 valence electrons. The van der Waals surface area contributed by atoms with Gasteiger partial charge in [0, 0.05) is 5.88 Å². The van der Waals surface area contributed by atoms with E-state index in [1.807, 2.05) is 0 Å². The highest BCUT2D eigenvalue weighted by molar-refractivity contribution is 9.10. The summed E-state index contributed by atoms with van der Waals surface area (Å²) >= 11 is 8.44. The summed E-state index contributed by atoms with van der Waals surface area (Å²) in [6.07, 6.45) is -1.81. The Bertz CT molecular complexity index is 335. The lowest BCUT2D eigenvalue weighted by Gasteiger charge is -2.17. The summed E-state index contributed by atoms with van der Waals surface area (Å²) in [5.74, 6) is -0.221. The van der Waals surface area contributed by atoms with Crippen LogP contribution in [0.4, 0.5) is 4.39 Å². The predicted molar refractivity (Wildman–Crippen MR) is 60.4 cm³/mol. The van der Waals surface area contributed by atoms with Crippen molar-refractivity contribution in [2.45, 2.75) is 18.6 Å². The standard InChI is InChI=1S/C10H11BrClFO2/c11-7-2-1-6(5-8(7)13)10(15)9(14)3-4-12/h1-2,5,9-10,14-15H,3-4H2. The van der Waals surface area contributed by atoms with Crippen LogP contribution in [0.1, 0.15) is 18.1 Å². The summed E-state index contributed by atoms with van der Waals surface area (Å²) in [4.78, 5) is 0. The molecule has 0 radical (unpaired) electrons. The zero-order valence-electron chi connectivity index (χ0n) is 7.83. The number of aliphatic hydroxyl groups is 2. The van der Waals surface area contributed by atoms with Crippen LogP contribution in [0.15, 0.2) is 22.7 Å². The molecule has 0 saturated heterocycles. The van der Waals surface area contributed by atoms with E-state index in [9.17, 15) is 14.6 Å². The third-order valence-electron chi connectivity index (χ3n) is 2.05. The fourth-order valence-corrected chi connectivity index (χ4v) is 1.66. The van der Waals surface area contributed by atoms with Crippen LogP contribution in [0.25, 0.3) is 0 Å². The van der Waals surface area contributed by atoms with Gasteiger partial charge in [-0.3, -0.25) is 0 Å². The topological polar surface area (TPSA) is 40.5 Å². The minimum atomic E-state index is -1.11. The fraction of sp³-hybridized carbons (Fsp3) is 0.400. The molecule has 0 aliphatic rings. The molecule has 1 rings (SSSR count). The largest absolute Gasteiger partial charge is 0.390 e. The highest BCUT2D eigenvalue weighted by Crippen LogP contribution is 2.23. The van der Waals surface area contributed by atoms with Gasteiger partial charge in [-0.1, -0.05) is 6.07 Å². The molecule has 0 saturated carbocycles. The number of benzene rings is 1. The van der Waals surface area contributed by atoms with Gasteiger partial charge in [0.2, 0.25) is 0 Å². The molecule has 0 spiro atoms. The van der Waals surface area contributed by atoms with Crippen LogP contribution in [0.2, 0.25) is 0 Å². The van der Waals surface area contributed by atoms with E-state index in [-0.39, 0.29) is 12.3 Å². The van der Waals surface area contributed by atoms with Crippen molar-refractivity contribution in [1.29, 1.82) is 0 Å². The first-order valence-corrected chi connectivity index (χ1v) is 5.76. The van der Waals surface area contributed by atoms with Crippen molar-refractivity contribution in [3.05, 3.63) is 34.1 Å². The molecule has 1 aromatic carbocycles. The van der Waals surface area contributed by atoms with Crippen molar-refractivity contribution in [2.75, 3.05) is 5.88 Å². The SMILES string of the molecule is OC(CCCl)C(O)c1ccc(Br)c(F)c1. The van der Waals surface area contributed by atoms with Crippen molar-refractivity contribution >= 4 is 27.5 Å². The Morgan fingerprint density at radius 3 is 2.60 bits per heavy atom. The lowest BCUT2D eigenvalue weighted by Crippen LogP contribution is -2.18. The molecular formula is C10H11BrClFO2. The average molecular weight is 298 g/mol. The van der Waals surface area contributed by atoms with Gasteiger partial charge in [0.15, 0.2) is 0 Å². The maximum atomic E-state index is 13.1. The fourth-order valence-electron chi connectivity index (χ4n) is 1.19. The van der Waals surface area contributed by atoms with Gasteiger partial charge in [-0.2, -0.15) is 0 Å². The number of hydrogen-bond acceptors (Lipinski definition) is 2. The van der Waals surface area contributed by atoms with Gasteiger partial charge in [-0.15, -0.1) is 11.6 Å². The van der Waals surface area contributed by atoms with Crippen molar-refractivity contribution in [1.82, 2.24) is 0 Å². The predicted octanol–water partition coefficient (Wildman–Crippen LogP) is 2.61. The second-order valence-corrected chi connectivity index (χ2v) is 4.40. The summed E-state index contributed by atoms with van der Waals surface area (Å²) in [6.45, 7) is 0. The molecule has 2 nitrogen and oxygen atoms in total. The molecule has 0 heterocycles. The second kappa shape index (κ2) is 5.80. The lowest BCUT2D eigenvalue weighted by molar-refractivity contribution is 0.0168. The van der Waals surface area contributed by atoms with Crippen LogP contribution >= 0.6 is 27.5 Å². The third kappa shape index (κ3) is 3.41. The summed E-state index contributed by atoms with van der Waals surface area (Å²) in [5.41, 5.74) is 0.341. The quantitative estimate of drug-likeness (QED) is 0.839. The molecule has 15 heavy (non-hydrogen) atoms. The minimum absolute atomic E-state index is 0.247. The summed E-state index contributed by atoms with van der Waals surface area (Å²) in [7, 11) is 0. The molecular weight excluding hydrogens is 286 g/mol. The van der Waals surface area contributed by atoms with Gasteiger partial charge in [0.05, 0.1) is 10.6 Å². The minimum Gasteiger partial charge on any atom is -0.390 e. The van der Waals surface area contributed by atoms with E-state index in [1.165, 1.54) is 12.1 Å². The maximum Gasteiger partial charge on any atom is 0.137 e. The molecule has 0 aliphatic heterocycles. The van der Waals surface area contributed by atoms with Crippen LogP contribution in [0.5, 0.6) is 0 Å². The van der Waals surface area contributed by atoms with Crippen molar-refractivity contribution in [3.63, 3.8) is 0 Å². The third-order valence-corrected chi connectivity index (χ3v) is 2.92. The van der Waals surface area contributed by atoms with Gasteiger partial charge in [0.1, 0.15) is 11.9 Å². The number of halogens is 3. The summed E-state index contributed by atoms with van der Waals surface area (Å²) in [5, 5.41) is 19.1. The zero-order valence-corrected chi connectivity index (χ0v) is 10.2. The van der Waals surface area contributed by atoms with Crippen molar-refractivity contribution < 1.29 is 14.6 Å². The lowest BCUT2D eigenvalue weighted by atomic mass is 10.0. The van der Waals surface area contributed by atoms with Gasteiger partial charge < -0.3 is 10.2 Å². The Kier molecular flexibility index (Phi) is 4.99. The Balaban J connectivity index is 2.81. The number of hydrogen-bond donors (Lipinski definition) is 2. The van der Waals surface area contributed by atoms with E-state index in [1.54, 1.807) is 6.07 Å². The van der Waals surface area contributed by atoms with Crippen molar-refractivity contribution in [3.8, 4) is 0 Å². The molecule has 0 bridgehead atoms. The molecule has 5 heteroatoms. The Hall–Kier alpha value is -0.160. The number of rotatable bonds is 4. The molecule has 1 aromatic rings. The maximum absolute atomic E-state index is 13.1. The van der Waals surface area contributed by atoms with E-state index < -0.39 is 18.0 Å². The first-order chi connectivity index (χ1) is 7.06. The van der Waals surface area contributed by atoms with Gasteiger partial charge >= 0.3 is 0 Å². The number of aliphatic hydroxyl groups excluding tert-OH is 2. The van der Waals surface area contributed by atoms with Gasteiger partial charge in [-0.05, 0) is 40.0 Å². The van der Waals surface area contributed by atoms with Crippen LogP contribution in [0, 0.1) is 5.82 Å². The first kappa shape index (κ1) is 12.9. The zero-order chi connectivity index (χ0) is 11.4. The molecule has 2 unspecified atom stereocenters. The highest BCUT2D eigenvalue weighted by Gasteiger charge is 2.18. The van der Waals surface area contributed by atoms with E-state index in [0.717, 1.165) is 0 Å². The van der Waals surface area contributed by atoms with E-state index in [0.29, 0.717) is 10.0 Å². The second-order valence-electron chi connectivity index (χ2n) is 3.16. The Labute approximate surface area is 101 Å². The summed E-state index contributed by atoms with van der Waals surface area (Å²) in [6, 6.07) is 4.22. The van der Waals surface area contributed by atoms with Gasteiger partial charge in [0.25, 0.3) is 0 Å². The van der Waals surface area contributed by atoms with Crippen LogP contribution < -0.4 is 0 Å². The smallest absolute Gasteiger partial charge is 0.137 e. The summed E-state index contributed by atoms with van der Waals surface area (Å²) < 4.78 is 13.4. The van der Waals surface area contributed by atoms with Crippen LogP contribution in [0.3, 0.4) is 0 Å². The molecule has 0 aliphatic carbocycles.